The molecule has 1 aliphatic rings. The van der Waals surface area contributed by atoms with E-state index in [2.05, 4.69) is 9.55 Å². The highest BCUT2D eigenvalue weighted by Gasteiger charge is 2.15. The number of aryl methyl sites for hydroxylation is 2. The van der Waals surface area contributed by atoms with E-state index in [1.165, 1.54) is 5.69 Å². The molecule has 1 aromatic heterocycles. The van der Waals surface area contributed by atoms with E-state index in [-0.39, 0.29) is 6.29 Å². The maximum atomic E-state index is 5.34. The molecule has 0 amide bonds. The molecular weight excluding hydrogens is 168 g/mol. The molecule has 0 atom stereocenters. The molecule has 0 spiro atoms. The first kappa shape index (κ1) is 8.72. The summed E-state index contributed by atoms with van der Waals surface area (Å²) in [5.74, 6) is 0. The van der Waals surface area contributed by atoms with E-state index >= 15 is 0 Å². The van der Waals surface area contributed by atoms with E-state index in [1.54, 1.807) is 0 Å². The number of hydrogen-bond acceptors (Lipinski definition) is 3. The van der Waals surface area contributed by atoms with E-state index in [4.69, 9.17) is 9.47 Å². The zero-order valence-corrected chi connectivity index (χ0v) is 7.77. The fourth-order valence-electron chi connectivity index (χ4n) is 1.44. The molecule has 0 saturated carbocycles. The van der Waals surface area contributed by atoms with Gasteiger partial charge in [-0.2, -0.15) is 0 Å². The van der Waals surface area contributed by atoms with Gasteiger partial charge in [-0.1, -0.05) is 0 Å². The molecule has 1 aliphatic heterocycles. The van der Waals surface area contributed by atoms with Gasteiger partial charge in [-0.3, -0.25) is 0 Å². The molecule has 0 radical (unpaired) electrons. The van der Waals surface area contributed by atoms with Crippen LogP contribution in [0.3, 0.4) is 0 Å². The van der Waals surface area contributed by atoms with Crippen LogP contribution in [0.15, 0.2) is 12.5 Å². The van der Waals surface area contributed by atoms with Crippen LogP contribution in [0.5, 0.6) is 0 Å². The van der Waals surface area contributed by atoms with Crippen molar-refractivity contribution in [3.8, 4) is 0 Å². The number of hydrogen-bond donors (Lipinski definition) is 0. The minimum atomic E-state index is -0.0122. The van der Waals surface area contributed by atoms with Gasteiger partial charge >= 0.3 is 0 Å². The first-order valence-corrected chi connectivity index (χ1v) is 4.56. The Morgan fingerprint density at radius 1 is 1.54 bits per heavy atom. The summed E-state index contributed by atoms with van der Waals surface area (Å²) in [6.45, 7) is 4.42. The van der Waals surface area contributed by atoms with Crippen molar-refractivity contribution < 1.29 is 9.47 Å². The molecule has 1 fully saturated rings. The van der Waals surface area contributed by atoms with Crippen molar-refractivity contribution in [3.05, 3.63) is 18.2 Å². The van der Waals surface area contributed by atoms with E-state index in [9.17, 15) is 0 Å². The molecule has 0 unspecified atom stereocenters. The lowest BCUT2D eigenvalue weighted by Crippen LogP contribution is -2.12. The summed E-state index contributed by atoms with van der Waals surface area (Å²) in [5.41, 5.74) is 1.18. The van der Waals surface area contributed by atoms with Gasteiger partial charge in [0.15, 0.2) is 6.29 Å². The summed E-state index contributed by atoms with van der Waals surface area (Å²) < 4.78 is 12.8. The molecule has 0 N–H and O–H groups in total. The van der Waals surface area contributed by atoms with Gasteiger partial charge in [0.25, 0.3) is 0 Å². The maximum absolute atomic E-state index is 5.34. The summed E-state index contributed by atoms with van der Waals surface area (Å²) in [6, 6.07) is 0. The Bertz CT molecular complexity index is 266. The number of aromatic nitrogens is 2. The number of imidazole rings is 1. The molecule has 0 aliphatic carbocycles. The highest BCUT2D eigenvalue weighted by molar-refractivity contribution is 4.93. The average Bonchev–Trinajstić information content (AvgIpc) is 2.72. The lowest BCUT2D eigenvalue weighted by Gasteiger charge is -2.09. The van der Waals surface area contributed by atoms with Crippen molar-refractivity contribution >= 4 is 0 Å². The van der Waals surface area contributed by atoms with Gasteiger partial charge in [0.05, 0.1) is 19.5 Å². The van der Waals surface area contributed by atoms with Crippen LogP contribution in [0, 0.1) is 6.92 Å². The second-order valence-electron chi connectivity index (χ2n) is 3.19. The predicted octanol–water partition coefficient (Wildman–Crippen LogP) is 0.955. The Labute approximate surface area is 77.5 Å². The summed E-state index contributed by atoms with van der Waals surface area (Å²) >= 11 is 0. The third-order valence-corrected chi connectivity index (χ3v) is 2.22. The third kappa shape index (κ3) is 2.08. The maximum Gasteiger partial charge on any atom is 0.159 e. The van der Waals surface area contributed by atoms with E-state index in [0.29, 0.717) is 0 Å². The molecule has 72 valence electrons. The minimum absolute atomic E-state index is 0.0122. The normalized spacial score (nSPS) is 18.2. The van der Waals surface area contributed by atoms with Crippen LogP contribution in [-0.2, 0) is 16.0 Å². The quantitative estimate of drug-likeness (QED) is 0.698. The topological polar surface area (TPSA) is 36.3 Å². The Kier molecular flexibility index (Phi) is 2.61. The molecule has 0 aromatic carbocycles. The van der Waals surface area contributed by atoms with Gasteiger partial charge in [-0.05, 0) is 6.92 Å². The summed E-state index contributed by atoms with van der Waals surface area (Å²) in [4.78, 5) is 4.05. The number of ether oxygens (including phenoxy) is 2. The Morgan fingerprint density at radius 2 is 2.31 bits per heavy atom. The Hall–Kier alpha value is -0.870. The van der Waals surface area contributed by atoms with Gasteiger partial charge in [-0.25, -0.2) is 4.98 Å². The predicted molar refractivity (Wildman–Crippen MR) is 47.3 cm³/mol. The molecule has 4 nitrogen and oxygen atoms in total. The van der Waals surface area contributed by atoms with E-state index < -0.39 is 0 Å². The first-order chi connectivity index (χ1) is 6.36. The standard InChI is InChI=1S/C9H14N2O2/c1-8-6-10-7-11(8)3-2-9-12-4-5-13-9/h6-7,9H,2-5H2,1H3. The van der Waals surface area contributed by atoms with E-state index in [0.717, 1.165) is 26.2 Å². The smallest absolute Gasteiger partial charge is 0.159 e. The summed E-state index contributed by atoms with van der Waals surface area (Å²) in [6.07, 6.45) is 4.58. The van der Waals surface area contributed by atoms with Gasteiger partial charge in [-0.15, -0.1) is 0 Å². The zero-order chi connectivity index (χ0) is 9.10. The van der Waals surface area contributed by atoms with Gasteiger partial charge in [0, 0.05) is 24.9 Å². The zero-order valence-electron chi connectivity index (χ0n) is 7.77. The van der Waals surface area contributed by atoms with Gasteiger partial charge < -0.3 is 14.0 Å². The van der Waals surface area contributed by atoms with Crippen molar-refractivity contribution in [1.29, 1.82) is 0 Å². The lowest BCUT2D eigenvalue weighted by molar-refractivity contribution is -0.0491. The SMILES string of the molecule is Cc1cncn1CCC1OCCO1. The molecule has 1 saturated heterocycles. The van der Waals surface area contributed by atoms with Crippen LogP contribution in [0.25, 0.3) is 0 Å². The van der Waals surface area contributed by atoms with Crippen molar-refractivity contribution in [2.75, 3.05) is 13.2 Å². The fraction of sp³-hybridized carbons (Fsp3) is 0.667. The first-order valence-electron chi connectivity index (χ1n) is 4.56. The Balaban J connectivity index is 1.82. The van der Waals surface area contributed by atoms with Crippen molar-refractivity contribution in [1.82, 2.24) is 9.55 Å². The highest BCUT2D eigenvalue weighted by Crippen LogP contribution is 2.09. The molecule has 2 rings (SSSR count). The second-order valence-corrected chi connectivity index (χ2v) is 3.19. The summed E-state index contributed by atoms with van der Waals surface area (Å²) in [7, 11) is 0. The largest absolute Gasteiger partial charge is 0.350 e. The van der Waals surface area contributed by atoms with Crippen LogP contribution < -0.4 is 0 Å². The van der Waals surface area contributed by atoms with Crippen molar-refractivity contribution in [2.24, 2.45) is 0 Å². The van der Waals surface area contributed by atoms with Crippen molar-refractivity contribution in [3.63, 3.8) is 0 Å². The summed E-state index contributed by atoms with van der Waals surface area (Å²) in [5, 5.41) is 0. The van der Waals surface area contributed by atoms with Gasteiger partial charge in [0.2, 0.25) is 0 Å². The molecular formula is C9H14N2O2. The lowest BCUT2D eigenvalue weighted by atomic mass is 10.4. The minimum Gasteiger partial charge on any atom is -0.350 e. The molecule has 4 heteroatoms. The van der Waals surface area contributed by atoms with Crippen LogP contribution in [0.2, 0.25) is 0 Å². The molecule has 13 heavy (non-hydrogen) atoms. The fourth-order valence-corrected chi connectivity index (χ4v) is 1.44. The van der Waals surface area contributed by atoms with E-state index in [1.807, 2.05) is 19.4 Å². The van der Waals surface area contributed by atoms with Crippen LogP contribution in [0.4, 0.5) is 0 Å². The number of rotatable bonds is 3. The highest BCUT2D eigenvalue weighted by atomic mass is 16.7. The Morgan fingerprint density at radius 3 is 2.92 bits per heavy atom. The van der Waals surface area contributed by atoms with Crippen LogP contribution in [0.1, 0.15) is 12.1 Å². The van der Waals surface area contributed by atoms with Crippen LogP contribution >= 0.6 is 0 Å². The molecule has 0 bridgehead atoms. The van der Waals surface area contributed by atoms with Crippen molar-refractivity contribution in [2.45, 2.75) is 26.2 Å². The average molecular weight is 182 g/mol. The molecule has 2 heterocycles. The number of nitrogens with zero attached hydrogens (tertiary/aromatic N) is 2. The molecule has 1 aromatic rings. The second kappa shape index (κ2) is 3.89. The van der Waals surface area contributed by atoms with Crippen LogP contribution in [-0.4, -0.2) is 29.1 Å². The monoisotopic (exact) mass is 182 g/mol. The third-order valence-electron chi connectivity index (χ3n) is 2.22. The van der Waals surface area contributed by atoms with Gasteiger partial charge in [0.1, 0.15) is 0 Å².